The fourth-order valence-corrected chi connectivity index (χ4v) is 4.42. The lowest BCUT2D eigenvalue weighted by Crippen LogP contribution is -2.45. The molecular weight excluding hydrogens is 310 g/mol. The van der Waals surface area contributed by atoms with Crippen molar-refractivity contribution in [1.29, 1.82) is 0 Å². The maximum Gasteiger partial charge on any atom is 0.303 e. The Kier molecular flexibility index (Phi) is 5.53. The molecule has 21 heavy (non-hydrogen) atoms. The minimum Gasteiger partial charge on any atom is -0.314 e. The molecule has 1 aliphatic heterocycles. The number of nitrogens with zero attached hydrogens (tertiary/aromatic N) is 3. The summed E-state index contributed by atoms with van der Waals surface area (Å²) in [4.78, 5) is 0. The van der Waals surface area contributed by atoms with Gasteiger partial charge in [0.05, 0.1) is 0 Å². The van der Waals surface area contributed by atoms with Crippen molar-refractivity contribution in [2.24, 2.45) is 5.92 Å². The third-order valence-electron chi connectivity index (χ3n) is 3.38. The number of hydrogen-bond acceptors (Lipinski definition) is 6. The van der Waals surface area contributed by atoms with Crippen LogP contribution >= 0.6 is 11.3 Å². The Bertz CT molecular complexity index is 558. The van der Waals surface area contributed by atoms with Gasteiger partial charge in [0.1, 0.15) is 5.01 Å². The summed E-state index contributed by atoms with van der Waals surface area (Å²) in [7, 11) is -3.53. The van der Waals surface area contributed by atoms with Gasteiger partial charge in [-0.15, -0.1) is 10.2 Å². The van der Waals surface area contributed by atoms with Crippen LogP contribution in [0.1, 0.15) is 31.7 Å². The van der Waals surface area contributed by atoms with Crippen molar-refractivity contribution in [1.82, 2.24) is 19.8 Å². The second-order valence-corrected chi connectivity index (χ2v) is 8.51. The number of rotatable bonds is 6. The van der Waals surface area contributed by atoms with Gasteiger partial charge >= 0.3 is 10.2 Å². The van der Waals surface area contributed by atoms with E-state index < -0.39 is 10.2 Å². The van der Waals surface area contributed by atoms with E-state index in [-0.39, 0.29) is 0 Å². The van der Waals surface area contributed by atoms with Crippen molar-refractivity contribution in [2.45, 2.75) is 39.7 Å². The van der Waals surface area contributed by atoms with Crippen molar-refractivity contribution in [3.05, 3.63) is 5.01 Å². The molecule has 2 heterocycles. The SMILES string of the molecule is Cc1nnc(NS(=O)(=O)N2CCCC(CNC(C)C)C2)s1. The van der Waals surface area contributed by atoms with Gasteiger partial charge in [-0.05, 0) is 32.2 Å². The molecule has 1 aromatic rings. The van der Waals surface area contributed by atoms with Crippen LogP contribution in [0.5, 0.6) is 0 Å². The minimum absolute atomic E-state index is 0.329. The van der Waals surface area contributed by atoms with E-state index >= 15 is 0 Å². The molecule has 0 spiro atoms. The highest BCUT2D eigenvalue weighted by atomic mass is 32.2. The lowest BCUT2D eigenvalue weighted by molar-refractivity contribution is 0.257. The van der Waals surface area contributed by atoms with Crippen molar-refractivity contribution < 1.29 is 8.42 Å². The molecule has 1 aliphatic rings. The van der Waals surface area contributed by atoms with Gasteiger partial charge in [0.25, 0.3) is 0 Å². The lowest BCUT2D eigenvalue weighted by Gasteiger charge is -2.32. The first kappa shape index (κ1) is 16.6. The van der Waals surface area contributed by atoms with Gasteiger partial charge in [-0.1, -0.05) is 25.2 Å². The standard InChI is InChI=1S/C12H23N5O2S2/c1-9(2)13-7-11-5-4-6-17(8-11)21(18,19)16-12-15-14-10(3)20-12/h9,11,13H,4-8H2,1-3H3,(H,15,16). The fraction of sp³-hybridized carbons (Fsp3) is 0.833. The number of anilines is 1. The van der Waals surface area contributed by atoms with Crippen molar-refractivity contribution in [3.8, 4) is 0 Å². The normalized spacial score (nSPS) is 20.9. The fourth-order valence-electron chi connectivity index (χ4n) is 2.33. The number of aromatic nitrogens is 2. The molecule has 0 radical (unpaired) electrons. The Balaban J connectivity index is 1.95. The van der Waals surface area contributed by atoms with Gasteiger partial charge in [0, 0.05) is 19.1 Å². The summed E-state index contributed by atoms with van der Waals surface area (Å²) in [6.45, 7) is 7.94. The van der Waals surface area contributed by atoms with Crippen LogP contribution in [-0.4, -0.2) is 48.6 Å². The van der Waals surface area contributed by atoms with Gasteiger partial charge in [0.2, 0.25) is 5.13 Å². The van der Waals surface area contributed by atoms with E-state index in [1.165, 1.54) is 15.6 Å². The van der Waals surface area contributed by atoms with Crippen LogP contribution in [0.15, 0.2) is 0 Å². The maximum atomic E-state index is 12.4. The third-order valence-corrected chi connectivity index (χ3v) is 5.72. The first-order valence-electron chi connectivity index (χ1n) is 7.18. The molecule has 120 valence electrons. The van der Waals surface area contributed by atoms with Crippen LogP contribution in [0.4, 0.5) is 5.13 Å². The van der Waals surface area contributed by atoms with E-state index in [0.717, 1.165) is 24.4 Å². The molecule has 0 saturated carbocycles. The molecule has 1 atom stereocenters. The van der Waals surface area contributed by atoms with E-state index in [4.69, 9.17) is 0 Å². The average Bonchev–Trinajstić information content (AvgIpc) is 2.81. The van der Waals surface area contributed by atoms with Crippen LogP contribution in [0.2, 0.25) is 0 Å². The van der Waals surface area contributed by atoms with Crippen molar-refractivity contribution in [3.63, 3.8) is 0 Å². The molecule has 0 aromatic carbocycles. The molecule has 0 amide bonds. The van der Waals surface area contributed by atoms with Crippen LogP contribution in [-0.2, 0) is 10.2 Å². The van der Waals surface area contributed by atoms with Crippen molar-refractivity contribution >= 4 is 26.7 Å². The monoisotopic (exact) mass is 333 g/mol. The maximum absolute atomic E-state index is 12.4. The van der Waals surface area contributed by atoms with Gasteiger partial charge in [-0.3, -0.25) is 0 Å². The topological polar surface area (TPSA) is 87.2 Å². The molecule has 9 heteroatoms. The first-order chi connectivity index (χ1) is 9.87. The zero-order valence-corrected chi connectivity index (χ0v) is 14.3. The molecule has 1 fully saturated rings. The van der Waals surface area contributed by atoms with Crippen LogP contribution in [0, 0.1) is 12.8 Å². The molecule has 2 rings (SSSR count). The zero-order chi connectivity index (χ0) is 15.5. The average molecular weight is 333 g/mol. The summed E-state index contributed by atoms with van der Waals surface area (Å²) < 4.78 is 28.8. The van der Waals surface area contributed by atoms with Crippen LogP contribution in [0.25, 0.3) is 0 Å². The largest absolute Gasteiger partial charge is 0.314 e. The van der Waals surface area contributed by atoms with Crippen LogP contribution < -0.4 is 10.0 Å². The zero-order valence-electron chi connectivity index (χ0n) is 12.7. The highest BCUT2D eigenvalue weighted by molar-refractivity contribution is 7.90. The molecule has 7 nitrogen and oxygen atoms in total. The van der Waals surface area contributed by atoms with Crippen LogP contribution in [0.3, 0.4) is 0 Å². The van der Waals surface area contributed by atoms with E-state index in [1.54, 1.807) is 6.92 Å². The lowest BCUT2D eigenvalue weighted by atomic mass is 9.99. The Labute approximate surface area is 130 Å². The molecule has 0 aliphatic carbocycles. The second-order valence-electron chi connectivity index (χ2n) is 5.66. The van der Waals surface area contributed by atoms with E-state index in [0.29, 0.717) is 30.2 Å². The molecular formula is C12H23N5O2S2. The van der Waals surface area contributed by atoms with E-state index in [9.17, 15) is 8.42 Å². The number of nitrogens with one attached hydrogen (secondary N) is 2. The summed E-state index contributed by atoms with van der Waals surface area (Å²) in [5, 5.41) is 12.1. The summed E-state index contributed by atoms with van der Waals surface area (Å²) in [5.41, 5.74) is 0. The van der Waals surface area contributed by atoms with E-state index in [2.05, 4.69) is 34.1 Å². The summed E-state index contributed by atoms with van der Waals surface area (Å²) in [5.74, 6) is 0.355. The summed E-state index contributed by atoms with van der Waals surface area (Å²) in [6, 6.07) is 0.416. The molecule has 0 bridgehead atoms. The smallest absolute Gasteiger partial charge is 0.303 e. The number of piperidine rings is 1. The van der Waals surface area contributed by atoms with Gasteiger partial charge in [-0.2, -0.15) is 12.7 Å². The van der Waals surface area contributed by atoms with E-state index in [1.807, 2.05) is 0 Å². The van der Waals surface area contributed by atoms with Crippen molar-refractivity contribution in [2.75, 3.05) is 24.4 Å². The summed E-state index contributed by atoms with van der Waals surface area (Å²) in [6.07, 6.45) is 1.95. The van der Waals surface area contributed by atoms with Gasteiger partial charge in [-0.25, -0.2) is 4.72 Å². The van der Waals surface area contributed by atoms with Gasteiger partial charge in [0.15, 0.2) is 0 Å². The predicted octanol–water partition coefficient (Wildman–Crippen LogP) is 1.21. The molecule has 1 saturated heterocycles. The number of hydrogen-bond donors (Lipinski definition) is 2. The Hall–Kier alpha value is -0.770. The summed E-state index contributed by atoms with van der Waals surface area (Å²) >= 11 is 1.24. The Morgan fingerprint density at radius 1 is 1.43 bits per heavy atom. The second kappa shape index (κ2) is 6.99. The Morgan fingerprint density at radius 2 is 2.19 bits per heavy atom. The molecule has 1 aromatic heterocycles. The Morgan fingerprint density at radius 3 is 2.81 bits per heavy atom. The highest BCUT2D eigenvalue weighted by Gasteiger charge is 2.29. The minimum atomic E-state index is -3.53. The number of aryl methyl sites for hydroxylation is 1. The predicted molar refractivity (Wildman–Crippen MR) is 84.6 cm³/mol. The molecule has 1 unspecified atom stereocenters. The quantitative estimate of drug-likeness (QED) is 0.817. The van der Waals surface area contributed by atoms with Gasteiger partial charge < -0.3 is 5.32 Å². The first-order valence-corrected chi connectivity index (χ1v) is 9.44. The third kappa shape index (κ3) is 4.87. The highest BCUT2D eigenvalue weighted by Crippen LogP contribution is 2.22. The molecule has 2 N–H and O–H groups in total.